The van der Waals surface area contributed by atoms with Gasteiger partial charge in [-0.1, -0.05) is 12.1 Å². The molecule has 0 aromatic heterocycles. The predicted molar refractivity (Wildman–Crippen MR) is 75.6 cm³/mol. The zero-order chi connectivity index (χ0) is 13.7. The maximum absolute atomic E-state index is 13.3. The highest BCUT2D eigenvalue weighted by Crippen LogP contribution is 2.28. The molecule has 0 radical (unpaired) electrons. The Kier molecular flexibility index (Phi) is 4.99. The van der Waals surface area contributed by atoms with Crippen LogP contribution in [0, 0.1) is 0 Å². The van der Waals surface area contributed by atoms with E-state index < -0.39 is 6.17 Å². The average Bonchev–Trinajstić information content (AvgIpc) is 2.48. The molecule has 2 N–H and O–H groups in total. The first-order valence-corrected chi connectivity index (χ1v) is 6.69. The molecular weight excluding hydrogens is 245 g/mol. The molecule has 1 fully saturated rings. The average molecular weight is 267 g/mol. The molecule has 5 heteroatoms. The minimum absolute atomic E-state index is 0.104. The minimum Gasteiger partial charge on any atom is -0.495 e. The Hall–Kier alpha value is -1.33. The number of rotatable bonds is 5. The predicted octanol–water partition coefficient (Wildman–Crippen LogP) is 1.11. The second-order valence-corrected chi connectivity index (χ2v) is 4.79. The number of nitrogens with zero attached hydrogens (tertiary/aromatic N) is 2. The van der Waals surface area contributed by atoms with Gasteiger partial charge >= 0.3 is 0 Å². The maximum Gasteiger partial charge on any atom is 0.142 e. The number of methoxy groups -OCH3 is 1. The lowest BCUT2D eigenvalue weighted by atomic mass is 10.2. The molecule has 19 heavy (non-hydrogen) atoms. The van der Waals surface area contributed by atoms with Crippen molar-refractivity contribution in [2.75, 3.05) is 51.3 Å². The van der Waals surface area contributed by atoms with Crippen LogP contribution < -0.4 is 15.4 Å². The fourth-order valence-electron chi connectivity index (χ4n) is 2.42. The summed E-state index contributed by atoms with van der Waals surface area (Å²) in [4.78, 5) is 4.41. The Morgan fingerprint density at radius 3 is 2.58 bits per heavy atom. The molecule has 1 unspecified atom stereocenters. The lowest BCUT2D eigenvalue weighted by Crippen LogP contribution is -2.48. The summed E-state index contributed by atoms with van der Waals surface area (Å²) in [6.07, 6.45) is -0.919. The van der Waals surface area contributed by atoms with Crippen molar-refractivity contribution in [3.63, 3.8) is 0 Å². The Morgan fingerprint density at radius 2 is 1.95 bits per heavy atom. The fraction of sp³-hybridized carbons (Fsp3) is 0.571. The first kappa shape index (κ1) is 14.1. The number of hydrogen-bond donors (Lipinski definition) is 1. The lowest BCUT2D eigenvalue weighted by molar-refractivity contribution is 0.186. The number of benzene rings is 1. The van der Waals surface area contributed by atoms with Gasteiger partial charge in [-0.15, -0.1) is 0 Å². The van der Waals surface area contributed by atoms with E-state index in [4.69, 9.17) is 10.5 Å². The van der Waals surface area contributed by atoms with Crippen molar-refractivity contribution in [1.29, 1.82) is 0 Å². The van der Waals surface area contributed by atoms with Crippen LogP contribution in [-0.4, -0.2) is 57.4 Å². The number of anilines is 1. The van der Waals surface area contributed by atoms with E-state index in [1.54, 1.807) is 7.11 Å². The normalized spacial score (nSPS) is 18.4. The lowest BCUT2D eigenvalue weighted by Gasteiger charge is -2.37. The summed E-state index contributed by atoms with van der Waals surface area (Å²) >= 11 is 0. The van der Waals surface area contributed by atoms with E-state index in [0.717, 1.165) is 37.6 Å². The standard InChI is InChI=1S/C14H22FN3O/c1-19-14-5-3-2-4-13(14)18-8-6-17(7-9-18)11-12(15)10-16/h2-5,12H,6-11,16H2,1H3. The summed E-state index contributed by atoms with van der Waals surface area (Å²) in [6.45, 7) is 4.04. The van der Waals surface area contributed by atoms with Crippen LogP contribution in [0.5, 0.6) is 5.75 Å². The second kappa shape index (κ2) is 6.73. The van der Waals surface area contributed by atoms with Crippen LogP contribution >= 0.6 is 0 Å². The molecule has 1 atom stereocenters. The van der Waals surface area contributed by atoms with Gasteiger partial charge in [0.2, 0.25) is 0 Å². The molecule has 0 spiro atoms. The van der Waals surface area contributed by atoms with Crippen molar-refractivity contribution in [1.82, 2.24) is 4.90 Å². The number of piperazine rings is 1. The van der Waals surface area contributed by atoms with Crippen LogP contribution in [0.3, 0.4) is 0 Å². The van der Waals surface area contributed by atoms with Gasteiger partial charge in [0, 0.05) is 39.3 Å². The monoisotopic (exact) mass is 267 g/mol. The molecular formula is C14H22FN3O. The minimum atomic E-state index is -0.919. The van der Waals surface area contributed by atoms with Crippen LogP contribution in [0.15, 0.2) is 24.3 Å². The van der Waals surface area contributed by atoms with Crippen molar-refractivity contribution in [2.24, 2.45) is 5.73 Å². The van der Waals surface area contributed by atoms with Crippen molar-refractivity contribution in [3.8, 4) is 5.75 Å². The number of ether oxygens (including phenoxy) is 1. The number of nitrogens with two attached hydrogens (primary N) is 1. The zero-order valence-corrected chi connectivity index (χ0v) is 11.4. The molecule has 1 aliphatic heterocycles. The van der Waals surface area contributed by atoms with E-state index in [1.165, 1.54) is 0 Å². The van der Waals surface area contributed by atoms with Crippen molar-refractivity contribution in [3.05, 3.63) is 24.3 Å². The quantitative estimate of drug-likeness (QED) is 0.868. The van der Waals surface area contributed by atoms with Crippen LogP contribution in [0.1, 0.15) is 0 Å². The largest absolute Gasteiger partial charge is 0.495 e. The highest BCUT2D eigenvalue weighted by Gasteiger charge is 2.21. The van der Waals surface area contributed by atoms with Crippen LogP contribution in [0.4, 0.5) is 10.1 Å². The second-order valence-electron chi connectivity index (χ2n) is 4.79. The summed E-state index contributed by atoms with van der Waals surface area (Å²) in [5.74, 6) is 0.890. The molecule has 1 aliphatic rings. The molecule has 106 valence electrons. The maximum atomic E-state index is 13.3. The van der Waals surface area contributed by atoms with Gasteiger partial charge in [-0.3, -0.25) is 4.90 Å². The molecule has 1 aromatic carbocycles. The molecule has 1 heterocycles. The number of alkyl halides is 1. The van der Waals surface area contributed by atoms with E-state index in [0.29, 0.717) is 6.54 Å². The highest BCUT2D eigenvalue weighted by atomic mass is 19.1. The Balaban J connectivity index is 1.92. The number of halogens is 1. The van der Waals surface area contributed by atoms with Crippen molar-refractivity contribution < 1.29 is 9.13 Å². The van der Waals surface area contributed by atoms with Crippen LogP contribution in [0.2, 0.25) is 0 Å². The summed E-state index contributed by atoms with van der Waals surface area (Å²) < 4.78 is 18.6. The van der Waals surface area contributed by atoms with Crippen molar-refractivity contribution in [2.45, 2.75) is 6.17 Å². The van der Waals surface area contributed by atoms with Gasteiger partial charge in [-0.05, 0) is 12.1 Å². The first-order valence-electron chi connectivity index (χ1n) is 6.69. The smallest absolute Gasteiger partial charge is 0.142 e. The molecule has 4 nitrogen and oxygen atoms in total. The fourth-order valence-corrected chi connectivity index (χ4v) is 2.42. The zero-order valence-electron chi connectivity index (χ0n) is 11.4. The van der Waals surface area contributed by atoms with Crippen LogP contribution in [0.25, 0.3) is 0 Å². The Labute approximate surface area is 113 Å². The first-order chi connectivity index (χ1) is 9.24. The third-order valence-electron chi connectivity index (χ3n) is 3.51. The summed E-state index contributed by atoms with van der Waals surface area (Å²) in [5.41, 5.74) is 6.43. The highest BCUT2D eigenvalue weighted by molar-refractivity contribution is 5.58. The Bertz CT molecular complexity index is 394. The third-order valence-corrected chi connectivity index (χ3v) is 3.51. The Morgan fingerprint density at radius 1 is 1.26 bits per heavy atom. The molecule has 1 aromatic rings. The number of hydrogen-bond acceptors (Lipinski definition) is 4. The summed E-state index contributed by atoms with van der Waals surface area (Å²) in [6, 6.07) is 8.00. The summed E-state index contributed by atoms with van der Waals surface area (Å²) in [7, 11) is 1.68. The van der Waals surface area contributed by atoms with Gasteiger partial charge in [0.15, 0.2) is 0 Å². The molecule has 1 saturated heterocycles. The van der Waals surface area contributed by atoms with E-state index >= 15 is 0 Å². The molecule has 0 amide bonds. The molecule has 2 rings (SSSR count). The van der Waals surface area contributed by atoms with E-state index in [1.807, 2.05) is 18.2 Å². The van der Waals surface area contributed by atoms with Gasteiger partial charge < -0.3 is 15.4 Å². The molecule has 0 aliphatic carbocycles. The summed E-state index contributed by atoms with van der Waals surface area (Å²) in [5, 5.41) is 0. The van der Waals surface area contributed by atoms with Crippen molar-refractivity contribution >= 4 is 5.69 Å². The molecule has 0 saturated carbocycles. The number of para-hydroxylation sites is 2. The van der Waals surface area contributed by atoms with Crippen LogP contribution in [-0.2, 0) is 0 Å². The van der Waals surface area contributed by atoms with Gasteiger partial charge in [0.1, 0.15) is 11.9 Å². The van der Waals surface area contributed by atoms with Gasteiger partial charge in [-0.25, -0.2) is 4.39 Å². The van der Waals surface area contributed by atoms with E-state index in [9.17, 15) is 4.39 Å². The topological polar surface area (TPSA) is 41.7 Å². The molecule has 0 bridgehead atoms. The van der Waals surface area contributed by atoms with Gasteiger partial charge in [0.05, 0.1) is 12.8 Å². The van der Waals surface area contributed by atoms with Gasteiger partial charge in [0.25, 0.3) is 0 Å². The third kappa shape index (κ3) is 3.58. The van der Waals surface area contributed by atoms with E-state index in [2.05, 4.69) is 15.9 Å². The van der Waals surface area contributed by atoms with Gasteiger partial charge in [-0.2, -0.15) is 0 Å². The SMILES string of the molecule is COc1ccccc1N1CCN(CC(F)CN)CC1. The van der Waals surface area contributed by atoms with E-state index in [-0.39, 0.29) is 6.54 Å².